The molecule has 0 aliphatic carbocycles. The molecular weight excluding hydrogens is 326 g/mol. The second kappa shape index (κ2) is 8.95. The number of nitrogens with one attached hydrogen (secondary N) is 1. The van der Waals surface area contributed by atoms with Crippen molar-refractivity contribution in [1.29, 1.82) is 5.26 Å². The van der Waals surface area contributed by atoms with E-state index in [1.807, 2.05) is 60.7 Å². The summed E-state index contributed by atoms with van der Waals surface area (Å²) in [5.74, 6) is -0.405. The smallest absolute Gasteiger partial charge is 0.266 e. The van der Waals surface area contributed by atoms with Crippen LogP contribution in [0.4, 0.5) is 5.69 Å². The number of hydrogen-bond acceptors (Lipinski definition) is 4. The molecular formula is C21H21N3O2. The molecule has 0 aromatic heterocycles. The molecule has 1 saturated heterocycles. The van der Waals surface area contributed by atoms with Crippen LogP contribution in [0.25, 0.3) is 6.08 Å². The van der Waals surface area contributed by atoms with Gasteiger partial charge in [-0.3, -0.25) is 9.69 Å². The fraction of sp³-hybridized carbons (Fsp3) is 0.238. The number of amides is 1. The molecule has 26 heavy (non-hydrogen) atoms. The summed E-state index contributed by atoms with van der Waals surface area (Å²) in [4.78, 5) is 14.7. The molecule has 1 fully saturated rings. The summed E-state index contributed by atoms with van der Waals surface area (Å²) in [7, 11) is 0. The van der Waals surface area contributed by atoms with Gasteiger partial charge >= 0.3 is 0 Å². The van der Waals surface area contributed by atoms with Gasteiger partial charge in [0.1, 0.15) is 11.6 Å². The van der Waals surface area contributed by atoms with Gasteiger partial charge in [-0.2, -0.15) is 5.26 Å². The third kappa shape index (κ3) is 5.03. The molecule has 1 amide bonds. The molecule has 0 atom stereocenters. The Morgan fingerprint density at radius 3 is 2.46 bits per heavy atom. The highest BCUT2D eigenvalue weighted by Gasteiger charge is 2.12. The fourth-order valence-electron chi connectivity index (χ4n) is 2.77. The number of carbonyl (C=O) groups excluding carboxylic acids is 1. The van der Waals surface area contributed by atoms with E-state index in [0.717, 1.165) is 38.4 Å². The number of hydrogen-bond donors (Lipinski definition) is 1. The molecule has 0 radical (unpaired) electrons. The van der Waals surface area contributed by atoms with Gasteiger partial charge in [0.25, 0.3) is 5.91 Å². The van der Waals surface area contributed by atoms with Crippen LogP contribution in [0.2, 0.25) is 0 Å². The Labute approximate surface area is 153 Å². The van der Waals surface area contributed by atoms with Crippen LogP contribution in [-0.2, 0) is 16.1 Å². The number of anilines is 1. The first-order chi connectivity index (χ1) is 12.7. The van der Waals surface area contributed by atoms with Crippen LogP contribution in [0.1, 0.15) is 11.1 Å². The maximum atomic E-state index is 12.3. The molecule has 3 rings (SSSR count). The molecule has 0 saturated carbocycles. The first-order valence-corrected chi connectivity index (χ1v) is 8.62. The van der Waals surface area contributed by atoms with Gasteiger partial charge in [0, 0.05) is 25.3 Å². The van der Waals surface area contributed by atoms with Gasteiger partial charge in [-0.15, -0.1) is 0 Å². The Morgan fingerprint density at radius 2 is 1.81 bits per heavy atom. The largest absolute Gasteiger partial charge is 0.379 e. The van der Waals surface area contributed by atoms with E-state index in [9.17, 15) is 10.1 Å². The van der Waals surface area contributed by atoms with Gasteiger partial charge in [-0.1, -0.05) is 42.5 Å². The fourth-order valence-corrected chi connectivity index (χ4v) is 2.77. The van der Waals surface area contributed by atoms with Crippen LogP contribution in [-0.4, -0.2) is 37.1 Å². The Balaban J connectivity index is 1.61. The third-order valence-corrected chi connectivity index (χ3v) is 4.20. The van der Waals surface area contributed by atoms with Gasteiger partial charge in [0.05, 0.1) is 13.2 Å². The molecule has 0 spiro atoms. The minimum absolute atomic E-state index is 0.0774. The predicted molar refractivity (Wildman–Crippen MR) is 101 cm³/mol. The molecule has 1 aliphatic rings. The van der Waals surface area contributed by atoms with Crippen molar-refractivity contribution in [3.05, 3.63) is 71.3 Å². The lowest BCUT2D eigenvalue weighted by Crippen LogP contribution is -2.35. The Bertz CT molecular complexity index is 801. The van der Waals surface area contributed by atoms with Crippen molar-refractivity contribution in [2.75, 3.05) is 31.6 Å². The number of benzene rings is 2. The van der Waals surface area contributed by atoms with Crippen LogP contribution >= 0.6 is 0 Å². The normalized spacial score (nSPS) is 15.3. The van der Waals surface area contributed by atoms with Crippen molar-refractivity contribution in [2.45, 2.75) is 6.54 Å². The summed E-state index contributed by atoms with van der Waals surface area (Å²) in [5.41, 5.74) is 2.76. The van der Waals surface area contributed by atoms with E-state index in [4.69, 9.17) is 4.74 Å². The van der Waals surface area contributed by atoms with Crippen LogP contribution < -0.4 is 5.32 Å². The van der Waals surface area contributed by atoms with Crippen molar-refractivity contribution in [2.24, 2.45) is 0 Å². The lowest BCUT2D eigenvalue weighted by molar-refractivity contribution is -0.112. The van der Waals surface area contributed by atoms with Crippen molar-refractivity contribution in [3.8, 4) is 6.07 Å². The zero-order valence-corrected chi connectivity index (χ0v) is 14.5. The van der Waals surface area contributed by atoms with Crippen LogP contribution in [0.3, 0.4) is 0 Å². The SMILES string of the molecule is N#C/C(=C\c1ccccc1)C(=O)Nc1ccc(CN2CCOCC2)cc1. The van der Waals surface area contributed by atoms with Crippen molar-refractivity contribution < 1.29 is 9.53 Å². The van der Waals surface area contributed by atoms with E-state index in [0.29, 0.717) is 5.69 Å². The van der Waals surface area contributed by atoms with E-state index >= 15 is 0 Å². The predicted octanol–water partition coefficient (Wildman–Crippen LogP) is 3.06. The highest BCUT2D eigenvalue weighted by molar-refractivity contribution is 6.09. The van der Waals surface area contributed by atoms with Gasteiger partial charge in [0.2, 0.25) is 0 Å². The molecule has 1 aliphatic heterocycles. The standard InChI is InChI=1S/C21H21N3O2/c22-15-19(14-17-4-2-1-3-5-17)21(25)23-20-8-6-18(7-9-20)16-24-10-12-26-13-11-24/h1-9,14H,10-13,16H2,(H,23,25)/b19-14+. The van der Waals surface area contributed by atoms with E-state index in [2.05, 4.69) is 10.2 Å². The maximum absolute atomic E-state index is 12.3. The zero-order valence-electron chi connectivity index (χ0n) is 14.5. The number of rotatable bonds is 5. The first kappa shape index (κ1) is 17.9. The summed E-state index contributed by atoms with van der Waals surface area (Å²) in [6.07, 6.45) is 1.59. The van der Waals surface area contributed by atoms with Crippen LogP contribution in [0.15, 0.2) is 60.2 Å². The van der Waals surface area contributed by atoms with E-state index in [1.54, 1.807) is 6.08 Å². The molecule has 1 heterocycles. The van der Waals surface area contributed by atoms with Crippen molar-refractivity contribution in [1.82, 2.24) is 4.90 Å². The molecule has 5 nitrogen and oxygen atoms in total. The number of carbonyl (C=O) groups is 1. The average molecular weight is 347 g/mol. The van der Waals surface area contributed by atoms with Gasteiger partial charge in [0.15, 0.2) is 0 Å². The molecule has 2 aromatic rings. The third-order valence-electron chi connectivity index (χ3n) is 4.20. The second-order valence-electron chi connectivity index (χ2n) is 6.12. The molecule has 5 heteroatoms. The minimum Gasteiger partial charge on any atom is -0.379 e. The summed E-state index contributed by atoms with van der Waals surface area (Å²) >= 11 is 0. The van der Waals surface area contributed by atoms with E-state index in [-0.39, 0.29) is 5.57 Å². The average Bonchev–Trinajstić information content (AvgIpc) is 2.69. The Morgan fingerprint density at radius 1 is 1.12 bits per heavy atom. The lowest BCUT2D eigenvalue weighted by Gasteiger charge is -2.26. The molecule has 0 unspecified atom stereocenters. The quantitative estimate of drug-likeness (QED) is 0.667. The highest BCUT2D eigenvalue weighted by atomic mass is 16.5. The molecule has 0 bridgehead atoms. The zero-order chi connectivity index (χ0) is 18.2. The van der Waals surface area contributed by atoms with Gasteiger partial charge in [-0.05, 0) is 29.3 Å². The molecule has 132 valence electrons. The van der Waals surface area contributed by atoms with E-state index < -0.39 is 5.91 Å². The summed E-state index contributed by atoms with van der Waals surface area (Å²) in [6, 6.07) is 19.0. The van der Waals surface area contributed by atoms with E-state index in [1.165, 1.54) is 5.56 Å². The summed E-state index contributed by atoms with van der Waals surface area (Å²) in [6.45, 7) is 4.30. The van der Waals surface area contributed by atoms with Crippen molar-refractivity contribution >= 4 is 17.7 Å². The summed E-state index contributed by atoms with van der Waals surface area (Å²) < 4.78 is 5.36. The van der Waals surface area contributed by atoms with Crippen LogP contribution in [0.5, 0.6) is 0 Å². The Kier molecular flexibility index (Phi) is 6.15. The second-order valence-corrected chi connectivity index (χ2v) is 6.12. The van der Waals surface area contributed by atoms with Gasteiger partial charge in [-0.25, -0.2) is 0 Å². The topological polar surface area (TPSA) is 65.4 Å². The highest BCUT2D eigenvalue weighted by Crippen LogP contribution is 2.14. The number of morpholine rings is 1. The molecule has 2 aromatic carbocycles. The van der Waals surface area contributed by atoms with Crippen LogP contribution in [0, 0.1) is 11.3 Å². The minimum atomic E-state index is -0.405. The van der Waals surface area contributed by atoms with Crippen molar-refractivity contribution in [3.63, 3.8) is 0 Å². The lowest BCUT2D eigenvalue weighted by atomic mass is 10.1. The Hall–Kier alpha value is -2.94. The number of ether oxygens (including phenoxy) is 1. The number of nitriles is 1. The summed E-state index contributed by atoms with van der Waals surface area (Å²) in [5, 5.41) is 12.0. The maximum Gasteiger partial charge on any atom is 0.266 e. The monoisotopic (exact) mass is 347 g/mol. The van der Waals surface area contributed by atoms with Gasteiger partial charge < -0.3 is 10.1 Å². The molecule has 1 N–H and O–H groups in total. The number of nitrogens with zero attached hydrogens (tertiary/aromatic N) is 2. The first-order valence-electron chi connectivity index (χ1n) is 8.62.